The number of halogens is 3. The maximum absolute atomic E-state index is 13.3. The summed E-state index contributed by atoms with van der Waals surface area (Å²) in [5.41, 5.74) is -1.03. The van der Waals surface area contributed by atoms with Crippen molar-refractivity contribution in [3.05, 3.63) is 84.4 Å². The fourth-order valence-electron chi connectivity index (χ4n) is 3.17. The van der Waals surface area contributed by atoms with E-state index in [1.54, 1.807) is 6.07 Å². The zero-order valence-corrected chi connectivity index (χ0v) is 20.7. The summed E-state index contributed by atoms with van der Waals surface area (Å²) in [7, 11) is -6.69. The van der Waals surface area contributed by atoms with Crippen LogP contribution in [0.2, 0.25) is 0 Å². The van der Waals surface area contributed by atoms with Crippen LogP contribution in [-0.2, 0) is 31.0 Å². The number of benzene rings is 3. The first-order valence-electron chi connectivity index (χ1n) is 10.3. The van der Waals surface area contributed by atoms with Gasteiger partial charge in [-0.05, 0) is 48.5 Å². The third-order valence-electron chi connectivity index (χ3n) is 5.07. The van der Waals surface area contributed by atoms with Crippen molar-refractivity contribution in [3.63, 3.8) is 0 Å². The van der Waals surface area contributed by atoms with Gasteiger partial charge in [0, 0.05) is 12.7 Å². The Balaban J connectivity index is 1.97. The first kappa shape index (κ1) is 27.0. The summed E-state index contributed by atoms with van der Waals surface area (Å²) in [6.45, 7) is -0.843. The van der Waals surface area contributed by atoms with Gasteiger partial charge in [0.2, 0.25) is 15.9 Å². The molecule has 0 bridgehead atoms. The number of carbonyl (C=O) groups excluding carboxylic acids is 1. The van der Waals surface area contributed by atoms with Gasteiger partial charge in [-0.3, -0.25) is 13.4 Å². The molecule has 0 spiro atoms. The summed E-state index contributed by atoms with van der Waals surface area (Å²) in [5, 5.41) is 2.47. The molecule has 0 aliphatic carbocycles. The van der Waals surface area contributed by atoms with E-state index in [0.717, 1.165) is 28.8 Å². The average Bonchev–Trinajstić information content (AvgIpc) is 2.81. The SMILES string of the molecule is CN(c1cccc(NC(=O)CN(c2cccc(C(F)(F)F)c2)S(=O)(=O)c2ccccc2)c1)S(C)(=O)=O. The molecule has 0 aliphatic rings. The molecule has 3 aromatic carbocycles. The van der Waals surface area contributed by atoms with Gasteiger partial charge in [-0.25, -0.2) is 16.8 Å². The van der Waals surface area contributed by atoms with Crippen molar-refractivity contribution in [2.24, 2.45) is 0 Å². The third-order valence-corrected chi connectivity index (χ3v) is 8.06. The van der Waals surface area contributed by atoms with Gasteiger partial charge in [0.25, 0.3) is 10.0 Å². The van der Waals surface area contributed by atoms with Gasteiger partial charge in [0.1, 0.15) is 6.54 Å². The topological polar surface area (TPSA) is 104 Å². The van der Waals surface area contributed by atoms with Gasteiger partial charge in [-0.15, -0.1) is 0 Å². The lowest BCUT2D eigenvalue weighted by atomic mass is 10.2. The van der Waals surface area contributed by atoms with Crippen molar-refractivity contribution in [1.29, 1.82) is 0 Å². The zero-order valence-electron chi connectivity index (χ0n) is 19.1. The highest BCUT2D eigenvalue weighted by atomic mass is 32.2. The molecule has 0 heterocycles. The number of carbonyl (C=O) groups is 1. The molecule has 0 saturated carbocycles. The molecule has 1 N–H and O–H groups in total. The molecule has 0 fully saturated rings. The molecule has 0 aliphatic heterocycles. The van der Waals surface area contributed by atoms with Gasteiger partial charge >= 0.3 is 6.18 Å². The second-order valence-corrected chi connectivity index (χ2v) is 11.6. The Hall–Kier alpha value is -3.58. The molecule has 3 aromatic rings. The third kappa shape index (κ3) is 6.34. The van der Waals surface area contributed by atoms with Gasteiger partial charge in [-0.2, -0.15) is 13.2 Å². The van der Waals surface area contributed by atoms with E-state index in [1.807, 2.05) is 0 Å². The Kier molecular flexibility index (Phi) is 7.65. The smallest absolute Gasteiger partial charge is 0.324 e. The van der Waals surface area contributed by atoms with Crippen molar-refractivity contribution >= 4 is 43.0 Å². The molecule has 36 heavy (non-hydrogen) atoms. The maximum atomic E-state index is 13.3. The molecule has 0 unspecified atom stereocenters. The molecular formula is C23H22F3N3O5S2. The average molecular weight is 542 g/mol. The van der Waals surface area contributed by atoms with E-state index in [9.17, 15) is 34.8 Å². The van der Waals surface area contributed by atoms with Crippen LogP contribution in [0.15, 0.2) is 83.8 Å². The molecule has 3 rings (SSSR count). The zero-order chi connectivity index (χ0) is 26.7. The minimum atomic E-state index is -4.73. The summed E-state index contributed by atoms with van der Waals surface area (Å²) < 4.78 is 91.7. The van der Waals surface area contributed by atoms with E-state index in [-0.39, 0.29) is 22.0 Å². The van der Waals surface area contributed by atoms with Crippen LogP contribution < -0.4 is 13.9 Å². The lowest BCUT2D eigenvalue weighted by Gasteiger charge is -2.25. The standard InChI is InChI=1S/C23H22F3N3O5S2/c1-28(35(2,31)32)19-10-7-9-18(15-19)27-22(30)16-29(36(33,34)21-12-4-3-5-13-21)20-11-6-8-17(14-20)23(24,25)26/h3-15H,16H2,1-2H3,(H,27,30). The maximum Gasteiger partial charge on any atom is 0.416 e. The number of sulfonamides is 2. The first-order valence-corrected chi connectivity index (χ1v) is 13.6. The fourth-order valence-corrected chi connectivity index (χ4v) is 5.10. The fraction of sp³-hybridized carbons (Fsp3) is 0.174. The van der Waals surface area contributed by atoms with Crippen LogP contribution in [0.3, 0.4) is 0 Å². The normalized spacial score (nSPS) is 12.1. The summed E-state index contributed by atoms with van der Waals surface area (Å²) in [6, 6.07) is 16.4. The Labute approximate surface area is 207 Å². The Bertz CT molecular complexity index is 1460. The van der Waals surface area contributed by atoms with Crippen LogP contribution in [0, 0.1) is 0 Å². The van der Waals surface area contributed by atoms with Gasteiger partial charge < -0.3 is 5.32 Å². The highest BCUT2D eigenvalue weighted by Gasteiger charge is 2.33. The van der Waals surface area contributed by atoms with Crippen molar-refractivity contribution in [2.75, 3.05) is 33.8 Å². The molecule has 1 amide bonds. The summed E-state index contributed by atoms with van der Waals surface area (Å²) in [6.07, 6.45) is -3.73. The van der Waals surface area contributed by atoms with Crippen LogP contribution in [0.25, 0.3) is 0 Å². The van der Waals surface area contributed by atoms with E-state index < -0.39 is 44.2 Å². The Morgan fingerprint density at radius 1 is 0.861 bits per heavy atom. The van der Waals surface area contributed by atoms with Crippen LogP contribution >= 0.6 is 0 Å². The molecule has 0 radical (unpaired) electrons. The largest absolute Gasteiger partial charge is 0.416 e. The molecule has 13 heteroatoms. The number of nitrogens with zero attached hydrogens (tertiary/aromatic N) is 2. The predicted molar refractivity (Wildman–Crippen MR) is 131 cm³/mol. The number of hydrogen-bond acceptors (Lipinski definition) is 5. The minimum absolute atomic E-state index is 0.161. The van der Waals surface area contributed by atoms with Crippen LogP contribution in [-0.4, -0.2) is 42.6 Å². The van der Waals surface area contributed by atoms with E-state index in [0.29, 0.717) is 10.4 Å². The van der Waals surface area contributed by atoms with Crippen LogP contribution in [0.5, 0.6) is 0 Å². The van der Waals surface area contributed by atoms with Crippen molar-refractivity contribution < 1.29 is 34.8 Å². The second kappa shape index (κ2) is 10.2. The molecule has 0 atom stereocenters. The van der Waals surface area contributed by atoms with E-state index in [4.69, 9.17) is 0 Å². The lowest BCUT2D eigenvalue weighted by molar-refractivity contribution is -0.137. The van der Waals surface area contributed by atoms with Crippen LogP contribution in [0.4, 0.5) is 30.2 Å². The van der Waals surface area contributed by atoms with Crippen molar-refractivity contribution in [3.8, 4) is 0 Å². The number of anilines is 3. The molecule has 192 valence electrons. The van der Waals surface area contributed by atoms with E-state index in [2.05, 4.69) is 5.32 Å². The van der Waals surface area contributed by atoms with Gasteiger partial charge in [0.05, 0.1) is 28.1 Å². The lowest BCUT2D eigenvalue weighted by Crippen LogP contribution is -2.38. The second-order valence-electron chi connectivity index (χ2n) is 7.70. The highest BCUT2D eigenvalue weighted by Crippen LogP contribution is 2.33. The minimum Gasteiger partial charge on any atom is -0.324 e. The molecular weight excluding hydrogens is 519 g/mol. The van der Waals surface area contributed by atoms with Crippen molar-refractivity contribution in [1.82, 2.24) is 0 Å². The monoisotopic (exact) mass is 541 g/mol. The van der Waals surface area contributed by atoms with Gasteiger partial charge in [-0.1, -0.05) is 30.3 Å². The Morgan fingerprint density at radius 3 is 2.08 bits per heavy atom. The quantitative estimate of drug-likeness (QED) is 0.465. The number of alkyl halides is 3. The number of amides is 1. The first-order chi connectivity index (χ1) is 16.7. The Morgan fingerprint density at radius 2 is 1.47 bits per heavy atom. The van der Waals surface area contributed by atoms with E-state index in [1.165, 1.54) is 55.6 Å². The molecule has 8 nitrogen and oxygen atoms in total. The number of nitrogens with one attached hydrogen (secondary N) is 1. The van der Waals surface area contributed by atoms with Crippen molar-refractivity contribution in [2.45, 2.75) is 11.1 Å². The summed E-state index contributed by atoms with van der Waals surface area (Å²) >= 11 is 0. The predicted octanol–water partition coefficient (Wildman–Crippen LogP) is 3.94. The molecule has 0 saturated heterocycles. The number of rotatable bonds is 8. The summed E-state index contributed by atoms with van der Waals surface area (Å²) in [5.74, 6) is -0.855. The van der Waals surface area contributed by atoms with Crippen LogP contribution in [0.1, 0.15) is 5.56 Å². The number of hydrogen-bond donors (Lipinski definition) is 1. The molecule has 0 aromatic heterocycles. The van der Waals surface area contributed by atoms with E-state index >= 15 is 0 Å². The highest BCUT2D eigenvalue weighted by molar-refractivity contribution is 7.93. The summed E-state index contributed by atoms with van der Waals surface area (Å²) in [4.78, 5) is 12.6. The van der Waals surface area contributed by atoms with Gasteiger partial charge in [0.15, 0.2) is 0 Å².